The summed E-state index contributed by atoms with van der Waals surface area (Å²) in [4.78, 5) is 24.1. The SMILES string of the molecule is CCc1ccc2nc(N(Cc3ccccn3)C(=O)c3ccccc3S(C)(=O)=O)sc2c1. The number of aromatic nitrogens is 2. The van der Waals surface area contributed by atoms with E-state index in [9.17, 15) is 13.2 Å². The van der Waals surface area contributed by atoms with Gasteiger partial charge in [0.2, 0.25) is 0 Å². The molecule has 2 heterocycles. The van der Waals surface area contributed by atoms with Crippen molar-refractivity contribution in [1.82, 2.24) is 9.97 Å². The predicted molar refractivity (Wildman–Crippen MR) is 123 cm³/mol. The molecule has 0 bridgehead atoms. The lowest BCUT2D eigenvalue weighted by molar-refractivity contribution is 0.0981. The molecule has 0 saturated heterocycles. The van der Waals surface area contributed by atoms with Crippen LogP contribution in [0.1, 0.15) is 28.5 Å². The van der Waals surface area contributed by atoms with Gasteiger partial charge in [-0.2, -0.15) is 0 Å². The van der Waals surface area contributed by atoms with Gasteiger partial charge in [-0.25, -0.2) is 13.4 Å². The number of benzene rings is 2. The van der Waals surface area contributed by atoms with Crippen molar-refractivity contribution in [2.75, 3.05) is 11.2 Å². The highest BCUT2D eigenvalue weighted by atomic mass is 32.2. The largest absolute Gasteiger partial charge is 0.278 e. The van der Waals surface area contributed by atoms with E-state index in [1.807, 2.05) is 24.3 Å². The Morgan fingerprint density at radius 3 is 2.55 bits per heavy atom. The lowest BCUT2D eigenvalue weighted by Crippen LogP contribution is -2.31. The summed E-state index contributed by atoms with van der Waals surface area (Å²) in [5, 5.41) is 0.502. The van der Waals surface area contributed by atoms with E-state index in [1.165, 1.54) is 33.9 Å². The van der Waals surface area contributed by atoms with Crippen LogP contribution in [0.3, 0.4) is 0 Å². The van der Waals surface area contributed by atoms with Crippen molar-refractivity contribution in [2.24, 2.45) is 0 Å². The Kier molecular flexibility index (Phi) is 5.84. The predicted octanol–water partition coefficient (Wildman–Crippen LogP) is 4.50. The average molecular weight is 452 g/mol. The molecule has 0 aliphatic carbocycles. The Hall–Kier alpha value is -3.10. The van der Waals surface area contributed by atoms with Crippen LogP contribution in [-0.2, 0) is 22.8 Å². The summed E-state index contributed by atoms with van der Waals surface area (Å²) in [6.07, 6.45) is 3.67. The highest BCUT2D eigenvalue weighted by molar-refractivity contribution is 7.90. The zero-order valence-electron chi connectivity index (χ0n) is 17.1. The van der Waals surface area contributed by atoms with Crippen molar-refractivity contribution in [1.29, 1.82) is 0 Å². The molecular formula is C23H21N3O3S2. The molecule has 0 radical (unpaired) electrons. The maximum atomic E-state index is 13.6. The minimum Gasteiger partial charge on any atom is -0.278 e. The third kappa shape index (κ3) is 4.50. The van der Waals surface area contributed by atoms with Gasteiger partial charge in [0.25, 0.3) is 5.91 Å². The molecule has 158 valence electrons. The second kappa shape index (κ2) is 8.56. The number of thiazole rings is 1. The van der Waals surface area contributed by atoms with Gasteiger partial charge in [-0.05, 0) is 48.4 Å². The summed E-state index contributed by atoms with van der Waals surface area (Å²) >= 11 is 1.41. The molecule has 31 heavy (non-hydrogen) atoms. The standard InChI is InChI=1S/C23H21N3O3S2/c1-3-16-11-12-19-20(14-16)30-23(25-19)26(15-17-8-6-7-13-24-17)22(27)18-9-4-5-10-21(18)31(2,28)29/h4-14H,3,15H2,1-2H3. The lowest BCUT2D eigenvalue weighted by Gasteiger charge is -2.20. The number of sulfone groups is 1. The van der Waals surface area contributed by atoms with Crippen molar-refractivity contribution < 1.29 is 13.2 Å². The Morgan fingerprint density at radius 1 is 1.06 bits per heavy atom. The summed E-state index contributed by atoms with van der Waals surface area (Å²) in [5.74, 6) is -0.429. The van der Waals surface area contributed by atoms with E-state index >= 15 is 0 Å². The molecule has 0 unspecified atom stereocenters. The number of anilines is 1. The molecule has 0 fully saturated rings. The number of carbonyl (C=O) groups excluding carboxylic acids is 1. The highest BCUT2D eigenvalue weighted by Crippen LogP contribution is 2.32. The molecule has 6 nitrogen and oxygen atoms in total. The quantitative estimate of drug-likeness (QED) is 0.431. The number of amides is 1. The molecular weight excluding hydrogens is 430 g/mol. The summed E-state index contributed by atoms with van der Waals surface area (Å²) in [7, 11) is -3.58. The van der Waals surface area contributed by atoms with Crippen molar-refractivity contribution in [3.63, 3.8) is 0 Å². The third-order valence-electron chi connectivity index (χ3n) is 4.89. The van der Waals surface area contributed by atoms with Gasteiger partial charge in [-0.3, -0.25) is 14.7 Å². The normalized spacial score (nSPS) is 11.5. The number of carbonyl (C=O) groups is 1. The van der Waals surface area contributed by atoms with Gasteiger partial charge in [-0.15, -0.1) is 0 Å². The molecule has 0 N–H and O–H groups in total. The molecule has 0 atom stereocenters. The van der Waals surface area contributed by atoms with E-state index in [2.05, 4.69) is 23.0 Å². The van der Waals surface area contributed by atoms with Crippen LogP contribution in [0, 0.1) is 0 Å². The first-order valence-electron chi connectivity index (χ1n) is 9.77. The van der Waals surface area contributed by atoms with Gasteiger partial charge in [0, 0.05) is 12.5 Å². The Labute approximate surface area is 185 Å². The Bertz CT molecular complexity index is 1350. The molecule has 1 amide bonds. The number of aryl methyl sites for hydroxylation is 1. The molecule has 0 spiro atoms. The van der Waals surface area contributed by atoms with Gasteiger partial charge >= 0.3 is 0 Å². The highest BCUT2D eigenvalue weighted by Gasteiger charge is 2.26. The molecule has 8 heteroatoms. The lowest BCUT2D eigenvalue weighted by atomic mass is 10.2. The van der Waals surface area contributed by atoms with Gasteiger partial charge in [0.1, 0.15) is 0 Å². The van der Waals surface area contributed by atoms with Crippen molar-refractivity contribution >= 4 is 42.4 Å². The molecule has 2 aromatic carbocycles. The molecule has 0 saturated carbocycles. The summed E-state index contributed by atoms with van der Waals surface area (Å²) in [6.45, 7) is 2.26. The van der Waals surface area contributed by atoms with E-state index in [-0.39, 0.29) is 17.0 Å². The first-order valence-corrected chi connectivity index (χ1v) is 12.5. The second-order valence-electron chi connectivity index (χ2n) is 7.13. The first kappa shape index (κ1) is 21.1. The monoisotopic (exact) mass is 451 g/mol. The van der Waals surface area contributed by atoms with Crippen LogP contribution in [0.25, 0.3) is 10.2 Å². The van der Waals surface area contributed by atoms with Crippen LogP contribution < -0.4 is 4.90 Å². The van der Waals surface area contributed by atoms with Crippen molar-refractivity contribution in [3.05, 3.63) is 83.7 Å². The average Bonchev–Trinajstić information content (AvgIpc) is 3.20. The van der Waals surface area contributed by atoms with E-state index in [1.54, 1.807) is 24.4 Å². The topological polar surface area (TPSA) is 80.2 Å². The van der Waals surface area contributed by atoms with Crippen LogP contribution in [0.5, 0.6) is 0 Å². The number of fused-ring (bicyclic) bond motifs is 1. The minimum absolute atomic E-state index is 0.000371. The van der Waals surface area contributed by atoms with Crippen LogP contribution >= 0.6 is 11.3 Å². The summed E-state index contributed by atoms with van der Waals surface area (Å²) in [5.41, 5.74) is 2.79. The Morgan fingerprint density at radius 2 is 1.84 bits per heavy atom. The molecule has 4 rings (SSSR count). The summed E-state index contributed by atoms with van der Waals surface area (Å²) in [6, 6.07) is 17.8. The molecule has 4 aromatic rings. The van der Waals surface area contributed by atoms with Crippen LogP contribution in [0.15, 0.2) is 71.8 Å². The third-order valence-corrected chi connectivity index (χ3v) is 7.09. The minimum atomic E-state index is -3.58. The number of nitrogens with zero attached hydrogens (tertiary/aromatic N) is 3. The van der Waals surface area contributed by atoms with Gasteiger partial charge < -0.3 is 0 Å². The zero-order chi connectivity index (χ0) is 22.0. The molecule has 2 aromatic heterocycles. The van der Waals surface area contributed by atoms with Gasteiger partial charge in [0.05, 0.1) is 32.9 Å². The fourth-order valence-electron chi connectivity index (χ4n) is 3.28. The summed E-state index contributed by atoms with van der Waals surface area (Å²) < 4.78 is 25.6. The molecule has 0 aliphatic heterocycles. The molecule has 0 aliphatic rings. The van der Waals surface area contributed by atoms with E-state index in [4.69, 9.17) is 0 Å². The number of hydrogen-bond donors (Lipinski definition) is 0. The maximum absolute atomic E-state index is 13.6. The maximum Gasteiger partial charge on any atom is 0.261 e. The Balaban J connectivity index is 1.83. The van der Waals surface area contributed by atoms with Crippen LogP contribution in [0.2, 0.25) is 0 Å². The van der Waals surface area contributed by atoms with E-state index < -0.39 is 15.7 Å². The van der Waals surface area contributed by atoms with Crippen molar-refractivity contribution in [3.8, 4) is 0 Å². The van der Waals surface area contributed by atoms with E-state index in [0.29, 0.717) is 10.8 Å². The fourth-order valence-corrected chi connectivity index (χ4v) is 5.19. The second-order valence-corrected chi connectivity index (χ2v) is 10.1. The smallest absolute Gasteiger partial charge is 0.261 e. The van der Waals surface area contributed by atoms with Gasteiger partial charge in [0.15, 0.2) is 15.0 Å². The number of rotatable bonds is 6. The first-order chi connectivity index (χ1) is 14.9. The van der Waals surface area contributed by atoms with Crippen molar-refractivity contribution in [2.45, 2.75) is 24.8 Å². The number of pyridine rings is 1. The zero-order valence-corrected chi connectivity index (χ0v) is 18.8. The van der Waals surface area contributed by atoms with Gasteiger partial charge in [-0.1, -0.05) is 42.5 Å². The fraction of sp³-hybridized carbons (Fsp3) is 0.174. The van der Waals surface area contributed by atoms with Crippen LogP contribution in [-0.4, -0.2) is 30.5 Å². The van der Waals surface area contributed by atoms with E-state index in [0.717, 1.165) is 22.9 Å². The van der Waals surface area contributed by atoms with Crippen LogP contribution in [0.4, 0.5) is 5.13 Å². The number of hydrogen-bond acceptors (Lipinski definition) is 6.